The summed E-state index contributed by atoms with van der Waals surface area (Å²) in [7, 11) is 1.12. The van der Waals surface area contributed by atoms with E-state index in [2.05, 4.69) is 5.32 Å². The minimum Gasteiger partial charge on any atom is -0.308 e. The van der Waals surface area contributed by atoms with Crippen molar-refractivity contribution in [3.8, 4) is 0 Å². The van der Waals surface area contributed by atoms with E-state index >= 15 is 0 Å². The van der Waals surface area contributed by atoms with Gasteiger partial charge < -0.3 is 5.32 Å². The summed E-state index contributed by atoms with van der Waals surface area (Å²) >= 11 is 0. The molecule has 1 nitrogen and oxygen atoms in total. The number of alkyl halides is 5. The van der Waals surface area contributed by atoms with E-state index in [0.717, 1.165) is 23.7 Å². The second kappa shape index (κ2) is 5.55. The Morgan fingerprint density at radius 2 is 1.05 bits per heavy atom. The van der Waals surface area contributed by atoms with Gasteiger partial charge in [-0.05, 0) is 75.0 Å². The first kappa shape index (κ1) is 17.9. The van der Waals surface area contributed by atoms with Crippen LogP contribution in [0.1, 0.15) is 39.4 Å². The lowest BCUT2D eigenvalue weighted by atomic mass is 9.84. The molecule has 0 heterocycles. The molecule has 1 unspecified atom stereocenters. The molecule has 0 saturated carbocycles. The number of benzene rings is 1. The maximum atomic E-state index is 13.8. The Kier molecular flexibility index (Phi) is 4.73. The average Bonchev–Trinajstić information content (AvgIpc) is 2.37. The monoisotopic (exact) mass is 309 g/mol. The number of hydrogen-bond acceptors (Lipinski definition) is 1. The first-order chi connectivity index (χ1) is 9.37. The Hall–Kier alpha value is -1.17. The van der Waals surface area contributed by atoms with Crippen LogP contribution in [0.15, 0.2) is 0 Å². The van der Waals surface area contributed by atoms with Crippen LogP contribution in [0, 0.1) is 34.6 Å². The van der Waals surface area contributed by atoms with Gasteiger partial charge in [-0.1, -0.05) is 0 Å². The predicted octanol–water partition coefficient (Wildman–Crippen LogP) is 4.69. The predicted molar refractivity (Wildman–Crippen MR) is 72.9 cm³/mol. The van der Waals surface area contributed by atoms with Crippen LogP contribution in [0.3, 0.4) is 0 Å². The van der Waals surface area contributed by atoms with Gasteiger partial charge in [0, 0.05) is 0 Å². The summed E-state index contributed by atoms with van der Waals surface area (Å²) < 4.78 is 65.8. The minimum atomic E-state index is -5.60. The summed E-state index contributed by atoms with van der Waals surface area (Å²) in [6.45, 7) is 8.48. The molecule has 0 saturated heterocycles. The maximum Gasteiger partial charge on any atom is 0.455 e. The summed E-state index contributed by atoms with van der Waals surface area (Å²) in [6.07, 6.45) is -5.60. The molecule has 0 radical (unpaired) electrons. The first-order valence-electron chi connectivity index (χ1n) is 6.56. The van der Waals surface area contributed by atoms with Crippen molar-refractivity contribution in [3.63, 3.8) is 0 Å². The van der Waals surface area contributed by atoms with Gasteiger partial charge >= 0.3 is 12.1 Å². The molecule has 1 atom stereocenters. The van der Waals surface area contributed by atoms with Crippen LogP contribution < -0.4 is 5.32 Å². The highest BCUT2D eigenvalue weighted by atomic mass is 19.4. The second-order valence-corrected chi connectivity index (χ2v) is 5.38. The van der Waals surface area contributed by atoms with E-state index in [-0.39, 0.29) is 5.56 Å². The molecule has 0 amide bonds. The Labute approximate surface area is 121 Å². The van der Waals surface area contributed by atoms with E-state index in [1.54, 1.807) is 27.7 Å². The largest absolute Gasteiger partial charge is 0.455 e. The topological polar surface area (TPSA) is 12.0 Å². The molecule has 0 spiro atoms. The van der Waals surface area contributed by atoms with Crippen LogP contribution >= 0.6 is 0 Å². The molecule has 0 bridgehead atoms. The number of rotatable bonds is 3. The van der Waals surface area contributed by atoms with Gasteiger partial charge in [0.25, 0.3) is 0 Å². The van der Waals surface area contributed by atoms with Crippen molar-refractivity contribution < 1.29 is 22.0 Å². The van der Waals surface area contributed by atoms with Crippen molar-refractivity contribution >= 4 is 0 Å². The number of nitrogens with one attached hydrogen (secondary N) is 1. The van der Waals surface area contributed by atoms with E-state index in [4.69, 9.17) is 0 Å². The Morgan fingerprint density at radius 3 is 1.33 bits per heavy atom. The van der Waals surface area contributed by atoms with Crippen molar-refractivity contribution in [3.05, 3.63) is 33.4 Å². The zero-order valence-corrected chi connectivity index (χ0v) is 13.0. The van der Waals surface area contributed by atoms with Gasteiger partial charge in [0.1, 0.15) is 6.04 Å². The Morgan fingerprint density at radius 1 is 0.714 bits per heavy atom. The van der Waals surface area contributed by atoms with Gasteiger partial charge in [-0.3, -0.25) is 0 Å². The minimum absolute atomic E-state index is 0.0282. The molecular weight excluding hydrogens is 289 g/mol. The molecule has 21 heavy (non-hydrogen) atoms. The van der Waals surface area contributed by atoms with Gasteiger partial charge in [-0.25, -0.2) is 0 Å². The summed E-state index contributed by atoms with van der Waals surface area (Å²) in [5.74, 6) is -4.84. The van der Waals surface area contributed by atoms with Gasteiger partial charge in [0.2, 0.25) is 0 Å². The fourth-order valence-electron chi connectivity index (χ4n) is 2.63. The summed E-state index contributed by atoms with van der Waals surface area (Å²) in [6, 6.07) is -2.10. The number of hydrogen-bond donors (Lipinski definition) is 1. The summed E-state index contributed by atoms with van der Waals surface area (Å²) in [4.78, 5) is 0. The molecule has 6 heteroatoms. The zero-order chi connectivity index (χ0) is 16.7. The second-order valence-electron chi connectivity index (χ2n) is 5.38. The maximum absolute atomic E-state index is 13.8. The highest BCUT2D eigenvalue weighted by Crippen LogP contribution is 2.46. The lowest BCUT2D eigenvalue weighted by Gasteiger charge is -2.32. The molecule has 0 aliphatic rings. The van der Waals surface area contributed by atoms with Crippen molar-refractivity contribution in [2.45, 2.75) is 52.8 Å². The molecule has 0 aliphatic carbocycles. The van der Waals surface area contributed by atoms with E-state index in [1.165, 1.54) is 0 Å². The standard InChI is InChI=1S/C15H20F5N/c1-7-8(2)10(4)12(11(5)9(7)3)13(21-6)14(16,17)15(18,19)20/h13,21H,1-6H3. The normalized spacial score (nSPS) is 14.4. The Bertz CT molecular complexity index is 517. The van der Waals surface area contributed by atoms with Gasteiger partial charge in [-0.2, -0.15) is 22.0 Å². The average molecular weight is 309 g/mol. The van der Waals surface area contributed by atoms with Crippen molar-refractivity contribution in [2.24, 2.45) is 0 Å². The van der Waals surface area contributed by atoms with Crippen LogP contribution in [0.5, 0.6) is 0 Å². The zero-order valence-electron chi connectivity index (χ0n) is 13.0. The lowest BCUT2D eigenvalue weighted by molar-refractivity contribution is -0.294. The molecule has 0 aromatic heterocycles. The van der Waals surface area contributed by atoms with Crippen LogP contribution in [-0.4, -0.2) is 19.1 Å². The van der Waals surface area contributed by atoms with Crippen LogP contribution in [-0.2, 0) is 0 Å². The third kappa shape index (κ3) is 2.78. The molecule has 1 aromatic rings. The molecule has 1 N–H and O–H groups in total. The molecular formula is C15H20F5N. The van der Waals surface area contributed by atoms with Crippen LogP contribution in [0.4, 0.5) is 22.0 Å². The molecule has 0 fully saturated rings. The van der Waals surface area contributed by atoms with Gasteiger partial charge in [0.05, 0.1) is 0 Å². The lowest BCUT2D eigenvalue weighted by Crippen LogP contribution is -2.47. The quantitative estimate of drug-likeness (QED) is 0.799. The highest BCUT2D eigenvalue weighted by Gasteiger charge is 2.62. The van der Waals surface area contributed by atoms with E-state index < -0.39 is 18.1 Å². The van der Waals surface area contributed by atoms with Crippen molar-refractivity contribution in [1.82, 2.24) is 5.32 Å². The van der Waals surface area contributed by atoms with Crippen LogP contribution in [0.25, 0.3) is 0 Å². The molecule has 120 valence electrons. The summed E-state index contributed by atoms with van der Waals surface area (Å²) in [5.41, 5.74) is 3.37. The van der Waals surface area contributed by atoms with E-state index in [9.17, 15) is 22.0 Å². The molecule has 1 aromatic carbocycles. The fourth-order valence-corrected chi connectivity index (χ4v) is 2.63. The van der Waals surface area contributed by atoms with Crippen molar-refractivity contribution in [1.29, 1.82) is 0 Å². The summed E-state index contributed by atoms with van der Waals surface area (Å²) in [5, 5.41) is 2.15. The third-order valence-corrected chi connectivity index (χ3v) is 4.38. The van der Waals surface area contributed by atoms with Gasteiger partial charge in [0.15, 0.2) is 0 Å². The van der Waals surface area contributed by atoms with Crippen molar-refractivity contribution in [2.75, 3.05) is 7.05 Å². The van der Waals surface area contributed by atoms with Gasteiger partial charge in [-0.15, -0.1) is 0 Å². The van der Waals surface area contributed by atoms with E-state index in [1.807, 2.05) is 6.92 Å². The first-order valence-corrected chi connectivity index (χ1v) is 6.56. The van der Waals surface area contributed by atoms with Crippen LogP contribution in [0.2, 0.25) is 0 Å². The smallest absolute Gasteiger partial charge is 0.308 e. The number of halogens is 5. The Balaban J connectivity index is 3.65. The molecule has 0 aliphatic heterocycles. The van der Waals surface area contributed by atoms with E-state index in [0.29, 0.717) is 11.1 Å². The fraction of sp³-hybridized carbons (Fsp3) is 0.600. The third-order valence-electron chi connectivity index (χ3n) is 4.38. The highest BCUT2D eigenvalue weighted by molar-refractivity contribution is 5.51. The molecule has 1 rings (SSSR count). The SMILES string of the molecule is CNC(c1c(C)c(C)c(C)c(C)c1C)C(F)(F)C(F)(F)F.